The van der Waals surface area contributed by atoms with Crippen LogP contribution in [0.3, 0.4) is 0 Å². The number of nitrogens with one attached hydrogen (secondary N) is 7. The number of aliphatic hydroxyl groups excluding tert-OH is 10. The second kappa shape index (κ2) is 33.2. The number of nitrogens with zero attached hydrogens (tertiary/aromatic N) is 2. The van der Waals surface area contributed by atoms with Crippen LogP contribution in [0.5, 0.6) is 0 Å². The zero-order valence-electron chi connectivity index (χ0n) is 50.0. The quantitative estimate of drug-likeness (QED) is 0.0346. The van der Waals surface area contributed by atoms with Gasteiger partial charge in [0.1, 0.15) is 116 Å². The Kier molecular flexibility index (Phi) is 27.4. The maximum Gasteiger partial charge on any atom is 0.335 e. The Balaban J connectivity index is 1.45. The maximum absolute atomic E-state index is 14.6. The number of nitrogens with two attached hydrogens (primary N) is 1. The Morgan fingerprint density at radius 3 is 1.76 bits per heavy atom. The van der Waals surface area contributed by atoms with E-state index in [4.69, 9.17) is 34.2 Å². The highest BCUT2D eigenvalue weighted by molar-refractivity contribution is 5.97. The summed E-state index contributed by atoms with van der Waals surface area (Å²) in [7, 11) is 0. The summed E-state index contributed by atoms with van der Waals surface area (Å²) in [6.45, 7) is 1.79. The molecule has 38 nitrogen and oxygen atoms in total. The largest absolute Gasteiger partial charge is 0.479 e. The third-order valence-corrected chi connectivity index (χ3v) is 15.7. The third kappa shape index (κ3) is 18.2. The van der Waals surface area contributed by atoms with E-state index in [9.17, 15) is 109 Å². The molecule has 0 bridgehead atoms. The average Bonchev–Trinajstić information content (AvgIpc) is 1.65. The van der Waals surface area contributed by atoms with Gasteiger partial charge in [0.2, 0.25) is 59.1 Å². The van der Waals surface area contributed by atoms with Crippen molar-refractivity contribution in [3.05, 3.63) is 0 Å². The molecule has 10 amide bonds. The highest BCUT2D eigenvalue weighted by atomic mass is 16.7. The van der Waals surface area contributed by atoms with Gasteiger partial charge < -0.3 is 137 Å². The number of rotatable bonds is 28. The summed E-state index contributed by atoms with van der Waals surface area (Å²) in [6, 6.07) is -12.3. The fraction of sp³-hybridized carbons (Fsp3) is 0.788. The molecule has 0 saturated carbocycles. The van der Waals surface area contributed by atoms with Crippen LogP contribution in [0.4, 0.5) is 0 Å². The van der Waals surface area contributed by atoms with Gasteiger partial charge in [0.25, 0.3) is 0 Å². The molecule has 0 aliphatic carbocycles. The number of aliphatic carboxylic acids is 1. The lowest BCUT2D eigenvalue weighted by atomic mass is 9.87. The van der Waals surface area contributed by atoms with Gasteiger partial charge in [-0.25, -0.2) is 4.79 Å². The number of hydrogen-bond acceptors (Lipinski definition) is 27. The lowest BCUT2D eigenvalue weighted by molar-refractivity contribution is -0.358. The first-order valence-corrected chi connectivity index (χ1v) is 28.9. The number of aliphatic hydroxyl groups is 10. The van der Waals surface area contributed by atoms with Crippen molar-refractivity contribution in [2.45, 2.75) is 214 Å². The number of carboxylic acids is 1. The molecule has 0 aromatic heterocycles. The fourth-order valence-electron chi connectivity index (χ4n) is 11.0. The Hall–Kier alpha value is -6.47. The topological polar surface area (TPSA) is 582 Å². The molecule has 5 aliphatic rings. The first-order valence-electron chi connectivity index (χ1n) is 28.9. The molecular weight excluding hydrogens is 1210 g/mol. The molecule has 24 atom stereocenters. The maximum atomic E-state index is 14.6. The van der Waals surface area contributed by atoms with Crippen LogP contribution in [-0.4, -0.2) is 323 Å². The molecule has 0 radical (unpaired) electrons. The molecule has 5 fully saturated rings. The molecule has 510 valence electrons. The summed E-state index contributed by atoms with van der Waals surface area (Å²) < 4.78 is 35.2. The van der Waals surface area contributed by atoms with E-state index >= 15 is 0 Å². The minimum atomic E-state index is -2.38. The van der Waals surface area contributed by atoms with Crippen LogP contribution in [0.25, 0.3) is 0 Å². The molecule has 0 spiro atoms. The second-order valence-corrected chi connectivity index (χ2v) is 22.4. The van der Waals surface area contributed by atoms with Crippen LogP contribution >= 0.6 is 0 Å². The Morgan fingerprint density at radius 1 is 0.622 bits per heavy atom. The van der Waals surface area contributed by atoms with E-state index in [1.54, 1.807) is 0 Å². The first-order chi connectivity index (χ1) is 42.3. The van der Waals surface area contributed by atoms with Crippen LogP contribution in [0.1, 0.15) is 67.2 Å². The van der Waals surface area contributed by atoms with E-state index in [0.29, 0.717) is 12.8 Å². The van der Waals surface area contributed by atoms with Gasteiger partial charge in [-0.2, -0.15) is 0 Å². The van der Waals surface area contributed by atoms with Crippen molar-refractivity contribution in [2.24, 2.45) is 5.73 Å². The van der Waals surface area contributed by atoms with Gasteiger partial charge in [0.15, 0.2) is 18.7 Å². The Morgan fingerprint density at radius 2 is 1.20 bits per heavy atom. The number of hydrogen-bond donors (Lipinski definition) is 19. The summed E-state index contributed by atoms with van der Waals surface area (Å²) in [5.41, 5.74) is 5.32. The smallest absolute Gasteiger partial charge is 0.335 e. The van der Waals surface area contributed by atoms with Crippen LogP contribution < -0.4 is 43.0 Å². The van der Waals surface area contributed by atoms with E-state index in [1.165, 1.54) is 23.6 Å². The molecular formula is C52H84N10O28. The number of carbonyl (C=O) groups excluding carboxylic acids is 10. The predicted octanol–water partition coefficient (Wildman–Crippen LogP) is -12.4. The molecule has 5 aliphatic heterocycles. The zero-order chi connectivity index (χ0) is 67.3. The highest BCUT2D eigenvalue weighted by Gasteiger charge is 2.58. The molecule has 20 N–H and O–H groups in total. The first kappa shape index (κ1) is 74.3. The molecule has 5 rings (SSSR count). The number of likely N-dealkylation sites (tertiary alicyclic amines) is 2. The summed E-state index contributed by atoms with van der Waals surface area (Å²) in [5.74, 6) is -10.7. The number of carboxylic acid groups (broad SMARTS) is 1. The summed E-state index contributed by atoms with van der Waals surface area (Å²) >= 11 is 0. The van der Waals surface area contributed by atoms with Gasteiger partial charge in [-0.05, 0) is 46.5 Å². The van der Waals surface area contributed by atoms with Crippen LogP contribution in [0.2, 0.25) is 0 Å². The van der Waals surface area contributed by atoms with Crippen molar-refractivity contribution >= 4 is 65.0 Å². The minimum Gasteiger partial charge on any atom is -0.479 e. The normalized spacial score (nSPS) is 32.5. The van der Waals surface area contributed by atoms with Crippen LogP contribution in [0, 0.1) is 0 Å². The van der Waals surface area contributed by atoms with E-state index in [2.05, 4.69) is 37.2 Å². The van der Waals surface area contributed by atoms with Crippen molar-refractivity contribution in [3.63, 3.8) is 0 Å². The number of primary amides is 1. The van der Waals surface area contributed by atoms with Crippen LogP contribution in [0.15, 0.2) is 0 Å². The van der Waals surface area contributed by atoms with Crippen molar-refractivity contribution in [1.29, 1.82) is 0 Å². The van der Waals surface area contributed by atoms with Gasteiger partial charge in [-0.15, -0.1) is 0 Å². The lowest BCUT2D eigenvalue weighted by Gasteiger charge is -2.50. The fourth-order valence-corrected chi connectivity index (χ4v) is 11.0. The van der Waals surface area contributed by atoms with Gasteiger partial charge in [0, 0.05) is 33.9 Å². The molecule has 90 heavy (non-hydrogen) atoms. The molecule has 13 unspecified atom stereocenters. The number of ether oxygens (including phenoxy) is 6. The van der Waals surface area contributed by atoms with Gasteiger partial charge >= 0.3 is 5.97 Å². The van der Waals surface area contributed by atoms with Crippen molar-refractivity contribution in [3.8, 4) is 0 Å². The van der Waals surface area contributed by atoms with Gasteiger partial charge in [0.05, 0.1) is 45.1 Å². The summed E-state index contributed by atoms with van der Waals surface area (Å²) in [5, 5.41) is 135. The SMILES string of the molecule is CC(=O)NCC(=O)NC(CO)C(=O)NC(C(=O)NC(C)C(=O)N1CCCC1C(=O)N1CCCC1C(=O)NC(C)C(N)=O)C(C)O[C@H]1OC(CO)[C@H](O)[C@H](O[C@@H]2OC(CO)[C@H](O)[C@H](O[C@@H]3[C@H](C(=O)O)OC([C@H](O)[C@H](O)CO)C(NC(C)=O)[C@@H]3O)C2O)C1NC(C)=O. The van der Waals surface area contributed by atoms with Crippen molar-refractivity contribution in [2.75, 3.05) is 46.1 Å². The Bertz CT molecular complexity index is 2560. The molecule has 5 saturated heterocycles. The predicted molar refractivity (Wildman–Crippen MR) is 294 cm³/mol. The second-order valence-electron chi connectivity index (χ2n) is 22.4. The minimum absolute atomic E-state index is 0.00685. The standard InChI is InChI=1S/C52H84N10O28/c1-18(44(53)77)55-46(79)25-9-7-11-61(25)49(82)26-10-8-12-62(26)48(81)19(2)56-47(80)31(60-45(78)24(14-63)59-30(71)13-54-21(4)67)20(3)85-51-33(58-23(6)69)40(35(73)28(16-65)86-51)90-52-38(76)41(36(74)29(17-66)87-52)89-42-37(75)32(57-22(5)68)39(34(72)27(70)15-64)88-43(42)50(83)84/h18-20,24-29,31-43,51-52,63-66,70,72-76H,7-17H2,1-6H3,(H2,53,77)(H,54,67)(H,55,79)(H,56,80)(H,57,68)(H,58,69)(H,59,71)(H,60,78)(H,83,84)/t18?,19?,20?,24?,25?,26?,27-,28?,29?,31?,32?,33?,34-,35+,36+,37+,38?,39?,40-,41+,42+,43-,51+,52+/m1/s1. The third-order valence-electron chi connectivity index (χ3n) is 15.7. The van der Waals surface area contributed by atoms with E-state index in [-0.39, 0.29) is 25.9 Å². The van der Waals surface area contributed by atoms with E-state index in [1.807, 2.05) is 0 Å². The number of amides is 10. The molecule has 0 aromatic carbocycles. The van der Waals surface area contributed by atoms with Crippen molar-refractivity contribution < 1.29 is 137 Å². The average molecular weight is 1300 g/mol. The number of carbonyl (C=O) groups is 11. The summed E-state index contributed by atoms with van der Waals surface area (Å²) in [4.78, 5) is 147. The molecule has 0 aromatic rings. The monoisotopic (exact) mass is 1300 g/mol. The van der Waals surface area contributed by atoms with Gasteiger partial charge in [-0.3, -0.25) is 47.9 Å². The molecule has 38 heteroatoms. The van der Waals surface area contributed by atoms with E-state index in [0.717, 1.165) is 27.7 Å². The van der Waals surface area contributed by atoms with Crippen LogP contribution in [-0.2, 0) is 81.2 Å². The molecule has 5 heterocycles. The summed E-state index contributed by atoms with van der Waals surface area (Å²) in [6.07, 6.45) is -32.4. The highest BCUT2D eigenvalue weighted by Crippen LogP contribution is 2.35. The van der Waals surface area contributed by atoms with Crippen molar-refractivity contribution in [1.82, 2.24) is 47.0 Å². The van der Waals surface area contributed by atoms with E-state index < -0.39 is 244 Å². The Labute approximate surface area is 513 Å². The van der Waals surface area contributed by atoms with Gasteiger partial charge in [-0.1, -0.05) is 0 Å². The zero-order valence-corrected chi connectivity index (χ0v) is 50.0. The lowest BCUT2D eigenvalue weighted by Crippen LogP contribution is -2.71.